The Morgan fingerprint density at radius 2 is 2.35 bits per heavy atom. The number of aryl methyl sites for hydroxylation is 2. The van der Waals surface area contributed by atoms with Crippen LogP contribution in [0.25, 0.3) is 0 Å². The van der Waals surface area contributed by atoms with Crippen LogP contribution in [0.4, 0.5) is 0 Å². The molecule has 2 nitrogen and oxygen atoms in total. The molecule has 2 aromatic heterocycles. The molecular formula is C14H14O2S. The maximum atomic E-state index is 12.5. The second-order valence-electron chi connectivity index (χ2n) is 4.50. The van der Waals surface area contributed by atoms with Gasteiger partial charge < -0.3 is 4.42 Å². The quantitative estimate of drug-likeness (QED) is 0.751. The molecule has 1 aliphatic rings. The minimum atomic E-state index is 0.0429. The van der Waals surface area contributed by atoms with Crippen molar-refractivity contribution in [2.45, 2.75) is 32.1 Å². The molecule has 2 heterocycles. The molecule has 0 saturated heterocycles. The molecule has 0 spiro atoms. The largest absolute Gasteiger partial charge is 0.469 e. The molecular weight excluding hydrogens is 232 g/mol. The summed E-state index contributed by atoms with van der Waals surface area (Å²) in [5.41, 5.74) is 1.99. The Hall–Kier alpha value is -1.35. The third-order valence-corrected chi connectivity index (χ3v) is 4.49. The Labute approximate surface area is 104 Å². The molecule has 17 heavy (non-hydrogen) atoms. The van der Waals surface area contributed by atoms with Gasteiger partial charge in [0.05, 0.1) is 11.8 Å². The fraction of sp³-hybridized carbons (Fsp3) is 0.357. The van der Waals surface area contributed by atoms with Gasteiger partial charge in [0, 0.05) is 10.8 Å². The SMILES string of the molecule is Cc1occc1C(=O)C1CCCc2sccc21. The molecule has 0 amide bonds. The summed E-state index contributed by atoms with van der Waals surface area (Å²) in [7, 11) is 0. The van der Waals surface area contributed by atoms with E-state index in [1.807, 2.05) is 6.92 Å². The molecule has 0 N–H and O–H groups in total. The molecule has 1 atom stereocenters. The second-order valence-corrected chi connectivity index (χ2v) is 5.50. The van der Waals surface area contributed by atoms with Crippen molar-refractivity contribution in [1.29, 1.82) is 0 Å². The van der Waals surface area contributed by atoms with E-state index in [2.05, 4.69) is 11.4 Å². The summed E-state index contributed by atoms with van der Waals surface area (Å²) in [5, 5.41) is 2.10. The summed E-state index contributed by atoms with van der Waals surface area (Å²) >= 11 is 1.77. The van der Waals surface area contributed by atoms with E-state index in [1.54, 1.807) is 23.7 Å². The normalized spacial score (nSPS) is 19.0. The Kier molecular flexibility index (Phi) is 2.63. The van der Waals surface area contributed by atoms with E-state index in [0.29, 0.717) is 0 Å². The second kappa shape index (κ2) is 4.15. The zero-order chi connectivity index (χ0) is 11.8. The van der Waals surface area contributed by atoms with Crippen LogP contribution in [-0.2, 0) is 6.42 Å². The number of hydrogen-bond acceptors (Lipinski definition) is 3. The number of thiophene rings is 1. The highest BCUT2D eigenvalue weighted by Gasteiger charge is 2.29. The summed E-state index contributed by atoms with van der Waals surface area (Å²) < 4.78 is 5.23. The summed E-state index contributed by atoms with van der Waals surface area (Å²) in [6, 6.07) is 3.90. The number of fused-ring (bicyclic) bond motifs is 1. The first-order valence-corrected chi connectivity index (χ1v) is 6.80. The van der Waals surface area contributed by atoms with Gasteiger partial charge in [0.25, 0.3) is 0 Å². The average molecular weight is 246 g/mol. The highest BCUT2D eigenvalue weighted by Crippen LogP contribution is 2.37. The summed E-state index contributed by atoms with van der Waals surface area (Å²) in [4.78, 5) is 13.9. The Balaban J connectivity index is 1.97. The number of carbonyl (C=O) groups is 1. The van der Waals surface area contributed by atoms with Crippen LogP contribution >= 0.6 is 11.3 Å². The van der Waals surface area contributed by atoms with E-state index in [4.69, 9.17) is 4.42 Å². The highest BCUT2D eigenvalue weighted by atomic mass is 32.1. The predicted octanol–water partition coefficient (Wildman–Crippen LogP) is 3.95. The van der Waals surface area contributed by atoms with Crippen LogP contribution in [0.3, 0.4) is 0 Å². The van der Waals surface area contributed by atoms with Gasteiger partial charge in [0.2, 0.25) is 0 Å². The van der Waals surface area contributed by atoms with E-state index in [9.17, 15) is 4.79 Å². The van der Waals surface area contributed by atoms with Crippen LogP contribution in [0.5, 0.6) is 0 Å². The van der Waals surface area contributed by atoms with Crippen molar-refractivity contribution in [2.75, 3.05) is 0 Å². The fourth-order valence-electron chi connectivity index (χ4n) is 2.59. The molecule has 0 aliphatic heterocycles. The number of hydrogen-bond donors (Lipinski definition) is 0. The zero-order valence-corrected chi connectivity index (χ0v) is 10.5. The lowest BCUT2D eigenvalue weighted by atomic mass is 9.82. The molecule has 1 unspecified atom stereocenters. The molecule has 3 heteroatoms. The van der Waals surface area contributed by atoms with Gasteiger partial charge in [0.1, 0.15) is 5.76 Å². The van der Waals surface area contributed by atoms with Gasteiger partial charge in [-0.3, -0.25) is 4.79 Å². The minimum absolute atomic E-state index is 0.0429. The standard InChI is InChI=1S/C14H14O2S/c1-9-10(5-7-16-9)14(15)12-3-2-4-13-11(12)6-8-17-13/h5-8,12H,2-4H2,1H3. The maximum absolute atomic E-state index is 12.5. The topological polar surface area (TPSA) is 30.2 Å². The molecule has 0 radical (unpaired) electrons. The van der Waals surface area contributed by atoms with E-state index in [-0.39, 0.29) is 11.7 Å². The molecule has 1 aliphatic carbocycles. The number of carbonyl (C=O) groups excluding carboxylic acids is 1. The van der Waals surface area contributed by atoms with Crippen LogP contribution in [0.2, 0.25) is 0 Å². The first kappa shape index (κ1) is 10.8. The fourth-order valence-corrected chi connectivity index (χ4v) is 3.57. The van der Waals surface area contributed by atoms with Gasteiger partial charge in [-0.05, 0) is 49.3 Å². The summed E-state index contributed by atoms with van der Waals surface area (Å²) in [6.45, 7) is 1.85. The van der Waals surface area contributed by atoms with Gasteiger partial charge in [-0.25, -0.2) is 0 Å². The van der Waals surface area contributed by atoms with Crippen molar-refractivity contribution >= 4 is 17.1 Å². The number of ketones is 1. The van der Waals surface area contributed by atoms with Crippen LogP contribution in [0, 0.1) is 6.92 Å². The molecule has 0 saturated carbocycles. The van der Waals surface area contributed by atoms with Gasteiger partial charge in [-0.1, -0.05) is 0 Å². The van der Waals surface area contributed by atoms with E-state index in [1.165, 1.54) is 10.4 Å². The van der Waals surface area contributed by atoms with E-state index < -0.39 is 0 Å². The smallest absolute Gasteiger partial charge is 0.173 e. The van der Waals surface area contributed by atoms with E-state index in [0.717, 1.165) is 30.6 Å². The predicted molar refractivity (Wildman–Crippen MR) is 67.8 cm³/mol. The van der Waals surface area contributed by atoms with Crippen molar-refractivity contribution in [2.24, 2.45) is 0 Å². The number of Topliss-reactive ketones (excluding diaryl/α,β-unsaturated/α-hetero) is 1. The van der Waals surface area contributed by atoms with Gasteiger partial charge in [0.15, 0.2) is 5.78 Å². The van der Waals surface area contributed by atoms with Gasteiger partial charge >= 0.3 is 0 Å². The van der Waals surface area contributed by atoms with Crippen LogP contribution < -0.4 is 0 Å². The van der Waals surface area contributed by atoms with Crippen molar-refractivity contribution in [3.05, 3.63) is 45.5 Å². The third-order valence-electron chi connectivity index (χ3n) is 3.49. The van der Waals surface area contributed by atoms with Crippen molar-refractivity contribution in [3.8, 4) is 0 Å². The lowest BCUT2D eigenvalue weighted by molar-refractivity contribution is 0.0950. The van der Waals surface area contributed by atoms with Crippen LogP contribution in [0.1, 0.15) is 45.3 Å². The average Bonchev–Trinajstić information content (AvgIpc) is 2.95. The van der Waals surface area contributed by atoms with Crippen molar-refractivity contribution in [1.82, 2.24) is 0 Å². The maximum Gasteiger partial charge on any atom is 0.173 e. The molecule has 0 aromatic carbocycles. The summed E-state index contributed by atoms with van der Waals surface area (Å²) in [6.07, 6.45) is 4.80. The lowest BCUT2D eigenvalue weighted by Gasteiger charge is -2.21. The number of furan rings is 1. The number of rotatable bonds is 2. The molecule has 3 rings (SSSR count). The zero-order valence-electron chi connectivity index (χ0n) is 9.73. The summed E-state index contributed by atoms with van der Waals surface area (Å²) in [5.74, 6) is 0.995. The van der Waals surface area contributed by atoms with Crippen molar-refractivity contribution in [3.63, 3.8) is 0 Å². The molecule has 0 fully saturated rings. The van der Waals surface area contributed by atoms with Gasteiger partial charge in [-0.15, -0.1) is 11.3 Å². The lowest BCUT2D eigenvalue weighted by Crippen LogP contribution is -2.17. The molecule has 0 bridgehead atoms. The Morgan fingerprint density at radius 3 is 3.12 bits per heavy atom. The van der Waals surface area contributed by atoms with Crippen LogP contribution in [-0.4, -0.2) is 5.78 Å². The first-order chi connectivity index (χ1) is 8.27. The molecule has 88 valence electrons. The van der Waals surface area contributed by atoms with Gasteiger partial charge in [-0.2, -0.15) is 0 Å². The monoisotopic (exact) mass is 246 g/mol. The van der Waals surface area contributed by atoms with Crippen LogP contribution in [0.15, 0.2) is 28.2 Å². The van der Waals surface area contributed by atoms with Crippen molar-refractivity contribution < 1.29 is 9.21 Å². The van der Waals surface area contributed by atoms with E-state index >= 15 is 0 Å². The third kappa shape index (κ3) is 1.75. The first-order valence-electron chi connectivity index (χ1n) is 5.92. The highest BCUT2D eigenvalue weighted by molar-refractivity contribution is 7.10. The minimum Gasteiger partial charge on any atom is -0.469 e. The Bertz CT molecular complexity index is 550. The molecule has 2 aromatic rings. The Morgan fingerprint density at radius 1 is 1.47 bits per heavy atom.